The zero-order valence-corrected chi connectivity index (χ0v) is 16.6. The number of hydrogen-bond acceptors (Lipinski definition) is 4. The average Bonchev–Trinajstić information content (AvgIpc) is 2.78. The van der Waals surface area contributed by atoms with Crippen LogP contribution in [0.1, 0.15) is 42.2 Å². The first-order valence-electron chi connectivity index (χ1n) is 9.19. The SMILES string of the molecule is O=C(CCl)Nc1ccc2c(c1NC(=O)c1ccccc1F)C(=O)c1ccccc1C2=O. The summed E-state index contributed by atoms with van der Waals surface area (Å²) >= 11 is 5.57. The lowest BCUT2D eigenvalue weighted by atomic mass is 9.82. The number of hydrogen-bond donors (Lipinski definition) is 2. The third-order valence-electron chi connectivity index (χ3n) is 4.85. The van der Waals surface area contributed by atoms with Gasteiger partial charge in [-0.25, -0.2) is 4.39 Å². The monoisotopic (exact) mass is 436 g/mol. The van der Waals surface area contributed by atoms with Gasteiger partial charge in [0.25, 0.3) is 5.91 Å². The van der Waals surface area contributed by atoms with Crippen LogP contribution in [0.5, 0.6) is 0 Å². The van der Waals surface area contributed by atoms with Gasteiger partial charge in [-0.15, -0.1) is 11.6 Å². The van der Waals surface area contributed by atoms with Crippen LogP contribution in [0.15, 0.2) is 60.7 Å². The second kappa shape index (κ2) is 8.12. The van der Waals surface area contributed by atoms with Crippen molar-refractivity contribution >= 4 is 46.4 Å². The molecule has 0 bridgehead atoms. The molecule has 1 aliphatic carbocycles. The summed E-state index contributed by atoms with van der Waals surface area (Å²) in [4.78, 5) is 50.9. The molecule has 3 aromatic rings. The lowest BCUT2D eigenvalue weighted by molar-refractivity contribution is -0.113. The molecule has 2 N–H and O–H groups in total. The third kappa shape index (κ3) is 3.60. The summed E-state index contributed by atoms with van der Waals surface area (Å²) in [5.41, 5.74) is 0.0969. The van der Waals surface area contributed by atoms with Crippen molar-refractivity contribution < 1.29 is 23.6 Å². The van der Waals surface area contributed by atoms with E-state index in [-0.39, 0.29) is 45.1 Å². The molecule has 0 heterocycles. The maximum absolute atomic E-state index is 14.1. The van der Waals surface area contributed by atoms with Crippen molar-refractivity contribution in [2.24, 2.45) is 0 Å². The topological polar surface area (TPSA) is 92.3 Å². The van der Waals surface area contributed by atoms with Crippen LogP contribution in [0.4, 0.5) is 15.8 Å². The number of carbonyl (C=O) groups excluding carboxylic acids is 4. The molecule has 3 aromatic carbocycles. The zero-order valence-electron chi connectivity index (χ0n) is 15.9. The van der Waals surface area contributed by atoms with E-state index < -0.39 is 29.2 Å². The van der Waals surface area contributed by atoms with Crippen LogP contribution >= 0.6 is 11.6 Å². The second-order valence-corrected chi connectivity index (χ2v) is 7.00. The highest BCUT2D eigenvalue weighted by atomic mass is 35.5. The Kier molecular flexibility index (Phi) is 5.35. The van der Waals surface area contributed by atoms with Crippen molar-refractivity contribution in [2.75, 3.05) is 16.5 Å². The van der Waals surface area contributed by atoms with Crippen LogP contribution in [0.25, 0.3) is 0 Å². The molecule has 0 radical (unpaired) electrons. The molecule has 6 nitrogen and oxygen atoms in total. The molecule has 0 aromatic heterocycles. The summed E-state index contributed by atoms with van der Waals surface area (Å²) in [7, 11) is 0. The summed E-state index contributed by atoms with van der Waals surface area (Å²) < 4.78 is 14.1. The van der Waals surface area contributed by atoms with Crippen molar-refractivity contribution in [1.29, 1.82) is 0 Å². The number of nitrogens with one attached hydrogen (secondary N) is 2. The fourth-order valence-corrected chi connectivity index (χ4v) is 3.50. The van der Waals surface area contributed by atoms with Gasteiger partial charge in [0.1, 0.15) is 11.7 Å². The van der Waals surface area contributed by atoms with Gasteiger partial charge in [-0.3, -0.25) is 19.2 Å². The predicted molar refractivity (Wildman–Crippen MR) is 113 cm³/mol. The van der Waals surface area contributed by atoms with Crippen LogP contribution in [-0.2, 0) is 4.79 Å². The smallest absolute Gasteiger partial charge is 0.258 e. The molecule has 0 fully saturated rings. The fraction of sp³-hybridized carbons (Fsp3) is 0.0435. The number of fused-ring (bicyclic) bond motifs is 2. The Hall–Kier alpha value is -3.84. The van der Waals surface area contributed by atoms with Gasteiger partial charge in [0, 0.05) is 16.7 Å². The molecule has 0 saturated heterocycles. The first kappa shape index (κ1) is 20.4. The molecule has 0 aliphatic heterocycles. The Balaban J connectivity index is 1.88. The Labute approximate surface area is 181 Å². The number of rotatable bonds is 4. The van der Waals surface area contributed by atoms with Gasteiger partial charge in [0.15, 0.2) is 11.6 Å². The highest BCUT2D eigenvalue weighted by molar-refractivity contribution is 6.32. The van der Waals surface area contributed by atoms with Crippen molar-refractivity contribution in [2.45, 2.75) is 0 Å². The molecule has 154 valence electrons. The highest BCUT2D eigenvalue weighted by Gasteiger charge is 2.33. The quantitative estimate of drug-likeness (QED) is 0.472. The number of carbonyl (C=O) groups is 4. The van der Waals surface area contributed by atoms with Crippen LogP contribution < -0.4 is 10.6 Å². The van der Waals surface area contributed by atoms with E-state index in [0.29, 0.717) is 0 Å². The lowest BCUT2D eigenvalue weighted by Gasteiger charge is -2.23. The van der Waals surface area contributed by atoms with E-state index in [1.54, 1.807) is 18.2 Å². The molecule has 8 heteroatoms. The van der Waals surface area contributed by atoms with Gasteiger partial charge < -0.3 is 10.6 Å². The van der Waals surface area contributed by atoms with Crippen LogP contribution in [0, 0.1) is 5.82 Å². The second-order valence-electron chi connectivity index (χ2n) is 6.73. The summed E-state index contributed by atoms with van der Waals surface area (Å²) in [6, 6.07) is 14.4. The molecule has 0 spiro atoms. The number of halogens is 2. The number of amides is 2. The van der Waals surface area contributed by atoms with Gasteiger partial charge in [-0.05, 0) is 24.3 Å². The summed E-state index contributed by atoms with van der Waals surface area (Å²) in [6.07, 6.45) is 0. The summed E-state index contributed by atoms with van der Waals surface area (Å²) in [5, 5.41) is 5.00. The third-order valence-corrected chi connectivity index (χ3v) is 5.09. The minimum absolute atomic E-state index is 0.0645. The van der Waals surface area contributed by atoms with E-state index in [2.05, 4.69) is 10.6 Å². The van der Waals surface area contributed by atoms with Gasteiger partial charge in [0.2, 0.25) is 5.91 Å². The fourth-order valence-electron chi connectivity index (χ4n) is 3.43. The molecular weight excluding hydrogens is 423 g/mol. The first-order valence-corrected chi connectivity index (χ1v) is 9.73. The van der Waals surface area contributed by atoms with Crippen molar-refractivity contribution in [3.8, 4) is 0 Å². The zero-order chi connectivity index (χ0) is 22.1. The molecule has 2 amide bonds. The molecule has 1 aliphatic rings. The van der Waals surface area contributed by atoms with E-state index in [9.17, 15) is 23.6 Å². The maximum Gasteiger partial charge on any atom is 0.258 e. The Morgan fingerprint density at radius 3 is 2.13 bits per heavy atom. The van der Waals surface area contributed by atoms with E-state index in [1.807, 2.05) is 0 Å². The number of alkyl halides is 1. The van der Waals surface area contributed by atoms with Crippen molar-refractivity contribution in [3.05, 3.63) is 94.3 Å². The number of anilines is 2. The average molecular weight is 437 g/mol. The summed E-state index contributed by atoms with van der Waals surface area (Å²) in [5.74, 6) is -3.46. The first-order chi connectivity index (χ1) is 14.9. The van der Waals surface area contributed by atoms with Gasteiger partial charge in [0.05, 0.1) is 22.5 Å². The van der Waals surface area contributed by atoms with E-state index in [1.165, 1.54) is 36.4 Å². The van der Waals surface area contributed by atoms with E-state index in [0.717, 1.165) is 6.07 Å². The van der Waals surface area contributed by atoms with Crippen LogP contribution in [0.3, 0.4) is 0 Å². The van der Waals surface area contributed by atoms with E-state index in [4.69, 9.17) is 11.6 Å². The van der Waals surface area contributed by atoms with Crippen LogP contribution in [-0.4, -0.2) is 29.3 Å². The van der Waals surface area contributed by atoms with Crippen molar-refractivity contribution in [1.82, 2.24) is 0 Å². The molecule has 0 unspecified atom stereocenters. The summed E-state index contributed by atoms with van der Waals surface area (Å²) in [6.45, 7) is 0. The number of benzene rings is 3. The van der Waals surface area contributed by atoms with Gasteiger partial charge in [-0.1, -0.05) is 36.4 Å². The minimum atomic E-state index is -0.841. The van der Waals surface area contributed by atoms with E-state index >= 15 is 0 Å². The standard InChI is InChI=1S/C23H14ClFN2O4/c24-11-18(28)26-17-10-9-15-19(22(30)13-6-2-1-5-12(13)21(15)29)20(17)27-23(31)14-7-3-4-8-16(14)25/h1-10H,11H2,(H,26,28)(H,27,31). The molecule has 31 heavy (non-hydrogen) atoms. The molecule has 0 atom stereocenters. The maximum atomic E-state index is 14.1. The lowest BCUT2D eigenvalue weighted by Crippen LogP contribution is -2.26. The largest absolute Gasteiger partial charge is 0.323 e. The Morgan fingerprint density at radius 1 is 0.806 bits per heavy atom. The Bertz CT molecular complexity index is 1270. The van der Waals surface area contributed by atoms with Gasteiger partial charge in [-0.2, -0.15) is 0 Å². The minimum Gasteiger partial charge on any atom is -0.323 e. The van der Waals surface area contributed by atoms with Crippen molar-refractivity contribution in [3.63, 3.8) is 0 Å². The molecular formula is C23H14ClFN2O4. The molecule has 4 rings (SSSR count). The molecule has 0 saturated carbocycles. The van der Waals surface area contributed by atoms with Crippen LogP contribution in [0.2, 0.25) is 0 Å². The number of ketones is 2. The predicted octanol–water partition coefficient (Wildman–Crippen LogP) is 4.03. The Morgan fingerprint density at radius 2 is 1.45 bits per heavy atom. The highest BCUT2D eigenvalue weighted by Crippen LogP contribution is 2.37. The van der Waals surface area contributed by atoms with Gasteiger partial charge >= 0.3 is 0 Å². The normalized spacial score (nSPS) is 12.1.